The number of benzene rings is 2. The second-order valence-corrected chi connectivity index (χ2v) is 8.74. The van der Waals surface area contributed by atoms with E-state index in [9.17, 15) is 13.6 Å². The van der Waals surface area contributed by atoms with E-state index >= 15 is 0 Å². The number of amides is 1. The Morgan fingerprint density at radius 2 is 1.58 bits per heavy atom. The van der Waals surface area contributed by atoms with Gasteiger partial charge in [-0.1, -0.05) is 23.4 Å². The molecule has 0 radical (unpaired) electrons. The number of aromatic nitrogens is 3. The van der Waals surface area contributed by atoms with Crippen molar-refractivity contribution in [2.24, 2.45) is 0 Å². The van der Waals surface area contributed by atoms with Crippen LogP contribution in [0.1, 0.15) is 32.1 Å². The standard InChI is InChI=1S/C25H24F2N4OS/c26-20-10-6-18(7-11-20)23-24(19-8-12-21(27)13-9-19)30-31-25(29-23)33-16-22(32)28-15-14-17-4-2-1-3-5-17/h4,6-13H,1-3,5,14-16H2,(H,28,32). The fraction of sp³-hybridized carbons (Fsp3) is 0.280. The summed E-state index contributed by atoms with van der Waals surface area (Å²) in [5.41, 5.74) is 3.65. The number of hydrogen-bond acceptors (Lipinski definition) is 5. The average Bonchev–Trinajstić information content (AvgIpc) is 2.84. The lowest BCUT2D eigenvalue weighted by atomic mass is 9.97. The third-order valence-electron chi connectivity index (χ3n) is 5.39. The van der Waals surface area contributed by atoms with E-state index in [4.69, 9.17) is 0 Å². The molecular weight excluding hydrogens is 442 g/mol. The number of thioether (sulfide) groups is 1. The maximum Gasteiger partial charge on any atom is 0.230 e. The summed E-state index contributed by atoms with van der Waals surface area (Å²) < 4.78 is 26.8. The van der Waals surface area contributed by atoms with Crippen LogP contribution in [-0.2, 0) is 4.79 Å². The Kier molecular flexibility index (Phi) is 7.78. The molecule has 4 rings (SSSR count). The molecule has 0 saturated carbocycles. The van der Waals surface area contributed by atoms with Crippen molar-refractivity contribution in [1.29, 1.82) is 0 Å². The van der Waals surface area contributed by atoms with Gasteiger partial charge in [0, 0.05) is 17.7 Å². The van der Waals surface area contributed by atoms with Crippen LogP contribution in [0, 0.1) is 11.6 Å². The average molecular weight is 467 g/mol. The summed E-state index contributed by atoms with van der Waals surface area (Å²) in [7, 11) is 0. The molecule has 1 N–H and O–H groups in total. The molecule has 0 bridgehead atoms. The molecule has 1 heterocycles. The minimum Gasteiger partial charge on any atom is -0.355 e. The van der Waals surface area contributed by atoms with Crippen molar-refractivity contribution in [3.05, 3.63) is 71.8 Å². The Morgan fingerprint density at radius 3 is 2.21 bits per heavy atom. The second-order valence-electron chi connectivity index (χ2n) is 7.80. The number of halogens is 2. The molecule has 170 valence electrons. The van der Waals surface area contributed by atoms with E-state index in [2.05, 4.69) is 26.6 Å². The predicted molar refractivity (Wildman–Crippen MR) is 126 cm³/mol. The molecule has 0 unspecified atom stereocenters. The Labute approximate surface area is 195 Å². The number of allylic oxidation sites excluding steroid dienone is 1. The van der Waals surface area contributed by atoms with Crippen molar-refractivity contribution in [2.75, 3.05) is 12.3 Å². The first kappa shape index (κ1) is 23.0. The van der Waals surface area contributed by atoms with Gasteiger partial charge in [-0.05, 0) is 80.6 Å². The normalized spacial score (nSPS) is 13.5. The molecule has 0 atom stereocenters. The van der Waals surface area contributed by atoms with Crippen molar-refractivity contribution < 1.29 is 13.6 Å². The summed E-state index contributed by atoms with van der Waals surface area (Å²) in [4.78, 5) is 16.8. The summed E-state index contributed by atoms with van der Waals surface area (Å²) in [6.07, 6.45) is 7.90. The molecule has 1 aromatic heterocycles. The first-order valence-corrected chi connectivity index (χ1v) is 11.9. The van der Waals surface area contributed by atoms with Gasteiger partial charge in [0.2, 0.25) is 11.1 Å². The number of nitrogens with one attached hydrogen (secondary N) is 1. The van der Waals surface area contributed by atoms with Crippen LogP contribution >= 0.6 is 11.8 Å². The monoisotopic (exact) mass is 466 g/mol. The Morgan fingerprint density at radius 1 is 0.909 bits per heavy atom. The molecule has 3 aromatic rings. The minimum absolute atomic E-state index is 0.0917. The summed E-state index contributed by atoms with van der Waals surface area (Å²) in [5, 5.41) is 11.7. The van der Waals surface area contributed by atoms with Crippen LogP contribution in [0.15, 0.2) is 65.3 Å². The maximum atomic E-state index is 13.4. The molecule has 0 spiro atoms. The van der Waals surface area contributed by atoms with E-state index in [1.807, 2.05) is 0 Å². The topological polar surface area (TPSA) is 67.8 Å². The minimum atomic E-state index is -0.362. The van der Waals surface area contributed by atoms with E-state index in [1.165, 1.54) is 54.4 Å². The first-order valence-electron chi connectivity index (χ1n) is 10.9. The van der Waals surface area contributed by atoms with Crippen LogP contribution in [0.25, 0.3) is 22.5 Å². The molecule has 0 fully saturated rings. The number of rotatable bonds is 8. The smallest absolute Gasteiger partial charge is 0.230 e. The zero-order chi connectivity index (χ0) is 23.0. The fourth-order valence-corrected chi connectivity index (χ4v) is 4.28. The van der Waals surface area contributed by atoms with Crippen LogP contribution in [0.5, 0.6) is 0 Å². The van der Waals surface area contributed by atoms with Gasteiger partial charge in [-0.3, -0.25) is 4.79 Å². The lowest BCUT2D eigenvalue weighted by molar-refractivity contribution is -0.118. The van der Waals surface area contributed by atoms with E-state index in [1.54, 1.807) is 24.3 Å². The zero-order valence-corrected chi connectivity index (χ0v) is 18.9. The molecular formula is C25H24F2N4OS. The lowest BCUT2D eigenvalue weighted by Gasteiger charge is -2.13. The van der Waals surface area contributed by atoms with Crippen molar-refractivity contribution in [1.82, 2.24) is 20.5 Å². The summed E-state index contributed by atoms with van der Waals surface area (Å²) in [6, 6.07) is 11.7. The Balaban J connectivity index is 1.45. The van der Waals surface area contributed by atoms with Crippen LogP contribution < -0.4 is 5.32 Å². The van der Waals surface area contributed by atoms with E-state index in [0.29, 0.717) is 34.2 Å². The number of hydrogen-bond donors (Lipinski definition) is 1. The zero-order valence-electron chi connectivity index (χ0n) is 18.1. The van der Waals surface area contributed by atoms with Crippen LogP contribution in [-0.4, -0.2) is 33.4 Å². The van der Waals surface area contributed by atoms with Crippen molar-refractivity contribution in [2.45, 2.75) is 37.3 Å². The van der Waals surface area contributed by atoms with Gasteiger partial charge in [0.15, 0.2) is 0 Å². The maximum absolute atomic E-state index is 13.4. The Hall–Kier alpha value is -3.13. The summed E-state index contributed by atoms with van der Waals surface area (Å²) >= 11 is 1.19. The third kappa shape index (κ3) is 6.44. The molecule has 2 aromatic carbocycles. The van der Waals surface area contributed by atoms with Gasteiger partial charge in [0.1, 0.15) is 23.0 Å². The van der Waals surface area contributed by atoms with Crippen molar-refractivity contribution in [3.8, 4) is 22.5 Å². The van der Waals surface area contributed by atoms with Gasteiger partial charge in [-0.2, -0.15) is 0 Å². The largest absolute Gasteiger partial charge is 0.355 e. The molecule has 5 nitrogen and oxygen atoms in total. The summed E-state index contributed by atoms with van der Waals surface area (Å²) in [5.74, 6) is -0.647. The molecule has 33 heavy (non-hydrogen) atoms. The quantitative estimate of drug-likeness (QED) is 0.347. The van der Waals surface area contributed by atoms with Gasteiger partial charge < -0.3 is 5.32 Å². The molecule has 0 aliphatic heterocycles. The molecule has 1 amide bonds. The van der Waals surface area contributed by atoms with E-state index in [-0.39, 0.29) is 23.3 Å². The van der Waals surface area contributed by atoms with Gasteiger partial charge in [0.25, 0.3) is 0 Å². The van der Waals surface area contributed by atoms with Gasteiger partial charge in [-0.25, -0.2) is 13.8 Å². The second kappa shape index (κ2) is 11.1. The Bertz CT molecular complexity index is 1130. The molecule has 8 heteroatoms. The highest BCUT2D eigenvalue weighted by atomic mass is 32.2. The summed E-state index contributed by atoms with van der Waals surface area (Å²) in [6.45, 7) is 0.620. The third-order valence-corrected chi connectivity index (χ3v) is 6.23. The van der Waals surface area contributed by atoms with E-state index < -0.39 is 0 Å². The van der Waals surface area contributed by atoms with Crippen molar-refractivity contribution in [3.63, 3.8) is 0 Å². The van der Waals surface area contributed by atoms with Crippen LogP contribution in [0.3, 0.4) is 0 Å². The molecule has 0 saturated heterocycles. The number of carbonyl (C=O) groups is 1. The van der Waals surface area contributed by atoms with Crippen LogP contribution in [0.4, 0.5) is 8.78 Å². The van der Waals surface area contributed by atoms with Crippen LogP contribution in [0.2, 0.25) is 0 Å². The number of nitrogens with zero attached hydrogens (tertiary/aromatic N) is 3. The van der Waals surface area contributed by atoms with E-state index in [0.717, 1.165) is 19.3 Å². The molecule has 1 aliphatic carbocycles. The van der Waals surface area contributed by atoms with Gasteiger partial charge in [-0.15, -0.1) is 10.2 Å². The highest BCUT2D eigenvalue weighted by molar-refractivity contribution is 7.99. The first-order chi connectivity index (χ1) is 16.1. The van der Waals surface area contributed by atoms with Crippen molar-refractivity contribution >= 4 is 17.7 Å². The number of carbonyl (C=O) groups excluding carboxylic acids is 1. The highest BCUT2D eigenvalue weighted by Gasteiger charge is 2.15. The highest BCUT2D eigenvalue weighted by Crippen LogP contribution is 2.30. The predicted octanol–water partition coefficient (Wildman–Crippen LogP) is 5.58. The SMILES string of the molecule is O=C(CSc1nnc(-c2ccc(F)cc2)c(-c2ccc(F)cc2)n1)NCCC1=CCCCC1. The van der Waals surface area contributed by atoms with Gasteiger partial charge >= 0.3 is 0 Å². The van der Waals surface area contributed by atoms with Gasteiger partial charge in [0.05, 0.1) is 5.75 Å². The molecule has 1 aliphatic rings. The fourth-order valence-electron chi connectivity index (χ4n) is 3.66. The lowest BCUT2D eigenvalue weighted by Crippen LogP contribution is -2.26.